The number of urea groups is 1. The summed E-state index contributed by atoms with van der Waals surface area (Å²) < 4.78 is 32.3. The van der Waals surface area contributed by atoms with E-state index in [4.69, 9.17) is 4.52 Å². The Bertz CT molecular complexity index is 711. The molecule has 0 spiro atoms. The van der Waals surface area contributed by atoms with E-state index in [1.54, 1.807) is 27.7 Å². The van der Waals surface area contributed by atoms with Crippen molar-refractivity contribution in [2.75, 3.05) is 0 Å². The maximum Gasteiger partial charge on any atom is 0.315 e. The summed E-state index contributed by atoms with van der Waals surface area (Å²) in [4.78, 5) is 12.2. The number of halogens is 2. The third-order valence-electron chi connectivity index (χ3n) is 3.92. The number of amides is 2. The summed E-state index contributed by atoms with van der Waals surface area (Å²) in [6.07, 6.45) is 0.424. The smallest absolute Gasteiger partial charge is 0.315 e. The third kappa shape index (κ3) is 3.90. The Morgan fingerprint density at radius 2 is 2.00 bits per heavy atom. The van der Waals surface area contributed by atoms with Gasteiger partial charge in [-0.1, -0.05) is 12.1 Å². The van der Waals surface area contributed by atoms with E-state index in [1.807, 2.05) is 0 Å². The van der Waals surface area contributed by atoms with Crippen LogP contribution < -0.4 is 10.6 Å². The first-order valence-electron chi connectivity index (χ1n) is 7.78. The first-order chi connectivity index (χ1) is 11.3. The number of nitrogens with zero attached hydrogens (tertiary/aromatic N) is 1. The van der Waals surface area contributed by atoms with Crippen LogP contribution in [0.3, 0.4) is 0 Å². The van der Waals surface area contributed by atoms with Crippen molar-refractivity contribution in [2.24, 2.45) is 0 Å². The van der Waals surface area contributed by atoms with E-state index in [2.05, 4.69) is 15.8 Å². The Hall–Kier alpha value is -2.44. The minimum Gasteiger partial charge on any atom is -0.361 e. The second kappa shape index (κ2) is 7.42. The number of benzene rings is 1. The molecular weight excluding hydrogens is 316 g/mol. The molecule has 24 heavy (non-hydrogen) atoms. The van der Waals surface area contributed by atoms with Crippen molar-refractivity contribution in [2.45, 2.75) is 46.2 Å². The zero-order valence-corrected chi connectivity index (χ0v) is 14.1. The quantitative estimate of drug-likeness (QED) is 0.864. The van der Waals surface area contributed by atoms with Gasteiger partial charge >= 0.3 is 6.03 Å². The van der Waals surface area contributed by atoms with Gasteiger partial charge in [0.05, 0.1) is 17.8 Å². The second-order valence-electron chi connectivity index (χ2n) is 5.70. The number of hydrogen-bond acceptors (Lipinski definition) is 3. The van der Waals surface area contributed by atoms with Gasteiger partial charge in [-0.15, -0.1) is 0 Å². The molecule has 0 bridgehead atoms. The van der Waals surface area contributed by atoms with Crippen molar-refractivity contribution in [3.05, 3.63) is 52.4 Å². The number of carbonyl (C=O) groups is 1. The van der Waals surface area contributed by atoms with Gasteiger partial charge in [0.1, 0.15) is 17.4 Å². The topological polar surface area (TPSA) is 67.2 Å². The van der Waals surface area contributed by atoms with Gasteiger partial charge in [0, 0.05) is 11.1 Å². The number of rotatable bonds is 5. The molecule has 0 radical (unpaired) electrons. The lowest BCUT2D eigenvalue weighted by molar-refractivity contribution is 0.233. The van der Waals surface area contributed by atoms with Gasteiger partial charge < -0.3 is 15.2 Å². The monoisotopic (exact) mass is 337 g/mol. The molecular formula is C17H21F2N3O2. The summed E-state index contributed by atoms with van der Waals surface area (Å²) >= 11 is 0. The number of aryl methyl sites for hydroxylation is 2. The van der Waals surface area contributed by atoms with Gasteiger partial charge in [-0.05, 0) is 45.4 Å². The molecule has 0 fully saturated rings. The lowest BCUT2D eigenvalue weighted by Crippen LogP contribution is -2.39. The van der Waals surface area contributed by atoms with E-state index in [0.29, 0.717) is 17.9 Å². The standard InChI is InChI=1S/C17H21F2N3O2/c1-5-15(13-8-12(18)6-7-14(13)19)21-17(23)20-9(2)16-10(3)22-24-11(16)4/h6-9,15H,5H2,1-4H3,(H2,20,21,23)/t9-,15+/m0/s1. The maximum absolute atomic E-state index is 13.9. The van der Waals surface area contributed by atoms with Crippen molar-refractivity contribution >= 4 is 6.03 Å². The predicted octanol–water partition coefficient (Wildman–Crippen LogP) is 4.08. The molecule has 130 valence electrons. The van der Waals surface area contributed by atoms with Crippen LogP contribution in [0.2, 0.25) is 0 Å². The fourth-order valence-electron chi connectivity index (χ4n) is 2.76. The summed E-state index contributed by atoms with van der Waals surface area (Å²) in [6, 6.07) is 1.77. The van der Waals surface area contributed by atoms with Gasteiger partial charge in [0.25, 0.3) is 0 Å². The Labute approximate surface area is 139 Å². The van der Waals surface area contributed by atoms with Gasteiger partial charge in [0.2, 0.25) is 0 Å². The summed E-state index contributed by atoms with van der Waals surface area (Å²) in [5.74, 6) is -0.470. The van der Waals surface area contributed by atoms with Gasteiger partial charge in [0.15, 0.2) is 0 Å². The van der Waals surface area contributed by atoms with Crippen LogP contribution in [0.4, 0.5) is 13.6 Å². The van der Waals surface area contributed by atoms with E-state index in [-0.39, 0.29) is 11.6 Å². The lowest BCUT2D eigenvalue weighted by atomic mass is 10.0. The van der Waals surface area contributed by atoms with Crippen LogP contribution in [0.25, 0.3) is 0 Å². The minimum absolute atomic E-state index is 0.123. The summed E-state index contributed by atoms with van der Waals surface area (Å²) in [5, 5.41) is 9.29. The Balaban J connectivity index is 2.08. The van der Waals surface area contributed by atoms with E-state index < -0.39 is 23.7 Å². The summed E-state index contributed by atoms with van der Waals surface area (Å²) in [5.41, 5.74) is 1.62. The summed E-state index contributed by atoms with van der Waals surface area (Å²) in [6.45, 7) is 7.14. The minimum atomic E-state index is -0.627. The van der Waals surface area contributed by atoms with Crippen LogP contribution in [0.15, 0.2) is 22.7 Å². The van der Waals surface area contributed by atoms with Gasteiger partial charge in [-0.3, -0.25) is 0 Å². The van der Waals surface area contributed by atoms with Crippen LogP contribution in [0.1, 0.15) is 54.9 Å². The van der Waals surface area contributed by atoms with Crippen LogP contribution in [-0.4, -0.2) is 11.2 Å². The first-order valence-corrected chi connectivity index (χ1v) is 7.78. The highest BCUT2D eigenvalue weighted by atomic mass is 19.1. The van der Waals surface area contributed by atoms with Crippen molar-refractivity contribution < 1.29 is 18.1 Å². The van der Waals surface area contributed by atoms with Crippen LogP contribution >= 0.6 is 0 Å². The Morgan fingerprint density at radius 3 is 2.58 bits per heavy atom. The Kier molecular flexibility index (Phi) is 5.54. The van der Waals surface area contributed by atoms with Gasteiger partial charge in [-0.2, -0.15) is 0 Å². The lowest BCUT2D eigenvalue weighted by Gasteiger charge is -2.21. The molecule has 2 N–H and O–H groups in total. The molecule has 2 rings (SSSR count). The normalized spacial score (nSPS) is 13.4. The van der Waals surface area contributed by atoms with Crippen molar-refractivity contribution in [1.29, 1.82) is 0 Å². The average Bonchev–Trinajstić information content (AvgIpc) is 2.86. The second-order valence-corrected chi connectivity index (χ2v) is 5.70. The zero-order valence-electron chi connectivity index (χ0n) is 14.1. The highest BCUT2D eigenvalue weighted by Crippen LogP contribution is 2.23. The molecule has 5 nitrogen and oxygen atoms in total. The number of carbonyl (C=O) groups excluding carboxylic acids is 1. The van der Waals surface area contributed by atoms with Crippen molar-refractivity contribution in [3.63, 3.8) is 0 Å². The highest BCUT2D eigenvalue weighted by Gasteiger charge is 2.21. The molecule has 0 aliphatic carbocycles. The molecule has 1 aromatic heterocycles. The number of hydrogen-bond donors (Lipinski definition) is 2. The molecule has 0 aliphatic rings. The van der Waals surface area contributed by atoms with E-state index in [9.17, 15) is 13.6 Å². The average molecular weight is 337 g/mol. The van der Waals surface area contributed by atoms with E-state index in [0.717, 1.165) is 23.8 Å². The zero-order chi connectivity index (χ0) is 17.9. The van der Waals surface area contributed by atoms with E-state index in [1.165, 1.54) is 0 Å². The summed E-state index contributed by atoms with van der Waals surface area (Å²) in [7, 11) is 0. The fourth-order valence-corrected chi connectivity index (χ4v) is 2.76. The molecule has 0 saturated carbocycles. The van der Waals surface area contributed by atoms with Crippen molar-refractivity contribution in [3.8, 4) is 0 Å². The SMILES string of the molecule is CC[C@@H](NC(=O)N[C@@H](C)c1c(C)noc1C)c1cc(F)ccc1F. The Morgan fingerprint density at radius 1 is 1.29 bits per heavy atom. The van der Waals surface area contributed by atoms with E-state index >= 15 is 0 Å². The van der Waals surface area contributed by atoms with Gasteiger partial charge in [-0.25, -0.2) is 13.6 Å². The molecule has 2 amide bonds. The molecule has 0 aliphatic heterocycles. The van der Waals surface area contributed by atoms with Crippen LogP contribution in [0, 0.1) is 25.5 Å². The molecule has 2 aromatic rings. The largest absolute Gasteiger partial charge is 0.361 e. The van der Waals surface area contributed by atoms with Crippen LogP contribution in [0.5, 0.6) is 0 Å². The molecule has 0 unspecified atom stereocenters. The maximum atomic E-state index is 13.9. The molecule has 7 heteroatoms. The first kappa shape index (κ1) is 17.9. The molecule has 1 aromatic carbocycles. The number of aromatic nitrogens is 1. The molecule has 2 atom stereocenters. The predicted molar refractivity (Wildman–Crippen MR) is 85.4 cm³/mol. The molecule has 1 heterocycles. The van der Waals surface area contributed by atoms with Crippen molar-refractivity contribution in [1.82, 2.24) is 15.8 Å². The highest BCUT2D eigenvalue weighted by molar-refractivity contribution is 5.75. The third-order valence-corrected chi connectivity index (χ3v) is 3.92. The number of nitrogens with one attached hydrogen (secondary N) is 2. The van der Waals surface area contributed by atoms with Crippen LogP contribution in [-0.2, 0) is 0 Å². The molecule has 0 saturated heterocycles. The fraction of sp³-hybridized carbons (Fsp3) is 0.412.